The zero-order chi connectivity index (χ0) is 33.7. The maximum atomic E-state index is 15.8. The zero-order valence-corrected chi connectivity index (χ0v) is 28.1. The van der Waals surface area contributed by atoms with E-state index in [9.17, 15) is 9.90 Å². The lowest BCUT2D eigenvalue weighted by Crippen LogP contribution is -2.40. The summed E-state index contributed by atoms with van der Waals surface area (Å²) in [5.74, 6) is 5.16. The van der Waals surface area contributed by atoms with E-state index >= 15 is 4.39 Å². The molecule has 3 aromatic heterocycles. The van der Waals surface area contributed by atoms with E-state index in [0.29, 0.717) is 52.1 Å². The molecule has 2 aliphatic rings. The van der Waals surface area contributed by atoms with E-state index in [-0.39, 0.29) is 5.75 Å². The van der Waals surface area contributed by atoms with Crippen LogP contribution in [0.25, 0.3) is 33.4 Å². The molecule has 0 bridgehead atoms. The van der Waals surface area contributed by atoms with E-state index < -0.39 is 29.0 Å². The molecule has 246 valence electrons. The van der Waals surface area contributed by atoms with Crippen LogP contribution in [-0.4, -0.2) is 43.4 Å². The van der Waals surface area contributed by atoms with Crippen LogP contribution in [0.1, 0.15) is 93.5 Å². The number of carboxylic acids is 1. The molecular weight excluding hydrogens is 595 g/mol. The largest absolute Gasteiger partial charge is 0.490 e. The summed E-state index contributed by atoms with van der Waals surface area (Å²) in [6.07, 6.45) is 6.93. The van der Waals surface area contributed by atoms with Gasteiger partial charge in [0.15, 0.2) is 17.7 Å². The Morgan fingerprint density at radius 1 is 1.17 bits per heavy atom. The monoisotopic (exact) mass is 638 g/mol. The molecule has 6 rings (SSSR count). The predicted molar refractivity (Wildman–Crippen MR) is 181 cm³/mol. The second kappa shape index (κ2) is 12.4. The lowest BCUT2D eigenvalue weighted by molar-refractivity contribution is -0.160. The van der Waals surface area contributed by atoms with Gasteiger partial charge in [-0.1, -0.05) is 25.2 Å². The molecule has 4 heterocycles. The topological polar surface area (TPSA) is 112 Å². The molecule has 1 fully saturated rings. The molecule has 1 aromatic carbocycles. The third-order valence-electron chi connectivity index (χ3n) is 9.31. The number of aromatic nitrogens is 3. The van der Waals surface area contributed by atoms with E-state index in [4.69, 9.17) is 20.2 Å². The molecule has 0 saturated heterocycles. The van der Waals surface area contributed by atoms with Crippen molar-refractivity contribution in [2.24, 2.45) is 12.8 Å². The quantitative estimate of drug-likeness (QED) is 0.220. The number of nitrogens with two attached hydrogens (primary N) is 1. The number of halogens is 1. The number of pyridine rings is 2. The van der Waals surface area contributed by atoms with Gasteiger partial charge in [0.1, 0.15) is 11.3 Å². The first-order valence-corrected chi connectivity index (χ1v) is 16.4. The number of hydrogen-bond donors (Lipinski definition) is 2. The van der Waals surface area contributed by atoms with Crippen molar-refractivity contribution in [1.82, 2.24) is 14.5 Å². The van der Waals surface area contributed by atoms with Crippen LogP contribution in [0.3, 0.4) is 0 Å². The Kier molecular flexibility index (Phi) is 8.62. The van der Waals surface area contributed by atoms with Crippen molar-refractivity contribution in [3.05, 3.63) is 64.4 Å². The molecule has 8 nitrogen and oxygen atoms in total. The number of fused-ring (bicyclic) bond motifs is 2. The van der Waals surface area contributed by atoms with Gasteiger partial charge < -0.3 is 24.9 Å². The molecule has 4 aromatic rings. The Morgan fingerprint density at radius 2 is 1.91 bits per heavy atom. The minimum absolute atomic E-state index is 0.272. The van der Waals surface area contributed by atoms with Gasteiger partial charge in [0.25, 0.3) is 0 Å². The molecule has 9 heteroatoms. The number of ether oxygens (including phenoxy) is 2. The van der Waals surface area contributed by atoms with Crippen LogP contribution < -0.4 is 10.5 Å². The van der Waals surface area contributed by atoms with E-state index in [1.54, 1.807) is 13.1 Å². The molecule has 1 unspecified atom stereocenters. The average molecular weight is 639 g/mol. The SMILES string of the molecule is Cc1nc2c(cc(-c3ccnc(C#CC4(N)CCCCC4)c3)n2C)c(-c2cc(F)c3c(c2C)CCCO3)c1C(OC(C)(C)C)C(=O)O. The molecule has 0 spiro atoms. The van der Waals surface area contributed by atoms with Crippen molar-refractivity contribution in [3.8, 4) is 40.0 Å². The Morgan fingerprint density at radius 3 is 2.62 bits per heavy atom. The highest BCUT2D eigenvalue weighted by atomic mass is 19.1. The smallest absolute Gasteiger partial charge is 0.337 e. The first kappa shape index (κ1) is 32.7. The summed E-state index contributed by atoms with van der Waals surface area (Å²) in [7, 11) is 1.92. The van der Waals surface area contributed by atoms with Gasteiger partial charge in [0, 0.05) is 46.6 Å². The van der Waals surface area contributed by atoms with Gasteiger partial charge in [0.2, 0.25) is 0 Å². The Hall–Kier alpha value is -4.26. The highest BCUT2D eigenvalue weighted by Gasteiger charge is 2.34. The van der Waals surface area contributed by atoms with Crippen LogP contribution in [0.5, 0.6) is 5.75 Å². The number of carboxylic acid groups (broad SMARTS) is 1. The van der Waals surface area contributed by atoms with Gasteiger partial charge in [-0.2, -0.15) is 0 Å². The number of benzene rings is 1. The summed E-state index contributed by atoms with van der Waals surface area (Å²) in [5.41, 5.74) is 12.0. The highest BCUT2D eigenvalue weighted by molar-refractivity contribution is 6.01. The van der Waals surface area contributed by atoms with Crippen LogP contribution in [0, 0.1) is 31.5 Å². The standard InChI is InChI=1S/C38H43FN4O4/c1-22-26-11-10-18-46-33(26)29(39)20-27(22)32-28-21-30(24-13-17-41-25(19-24)12-16-38(40)14-8-7-9-15-38)43(6)35(28)42-23(2)31(32)34(36(44)45)47-37(3,4)5/h13,17,19-21,34H,7-11,14-15,18,40H2,1-6H3,(H,44,45). The van der Waals surface area contributed by atoms with Gasteiger partial charge in [-0.25, -0.2) is 19.2 Å². The number of hydrogen-bond acceptors (Lipinski definition) is 6. The third-order valence-corrected chi connectivity index (χ3v) is 9.31. The van der Waals surface area contributed by atoms with Crippen LogP contribution in [0.2, 0.25) is 0 Å². The zero-order valence-electron chi connectivity index (χ0n) is 28.1. The summed E-state index contributed by atoms with van der Waals surface area (Å²) < 4.78 is 29.7. The van der Waals surface area contributed by atoms with Gasteiger partial charge in [-0.3, -0.25) is 0 Å². The second-order valence-electron chi connectivity index (χ2n) is 13.9. The van der Waals surface area contributed by atoms with Crippen LogP contribution in [0.4, 0.5) is 4.39 Å². The van der Waals surface area contributed by atoms with E-state index in [2.05, 4.69) is 16.8 Å². The number of nitrogens with zero attached hydrogens (tertiary/aromatic N) is 3. The molecule has 0 radical (unpaired) electrons. The van der Waals surface area contributed by atoms with Crippen LogP contribution in [-0.2, 0) is 23.0 Å². The van der Waals surface area contributed by atoms with Gasteiger partial charge >= 0.3 is 5.97 Å². The van der Waals surface area contributed by atoms with Crippen molar-refractivity contribution in [1.29, 1.82) is 0 Å². The molecule has 1 saturated carbocycles. The van der Waals surface area contributed by atoms with Crippen LogP contribution in [0.15, 0.2) is 30.5 Å². The fourth-order valence-electron chi connectivity index (χ4n) is 7.00. The van der Waals surface area contributed by atoms with Gasteiger partial charge in [-0.05, 0) is 102 Å². The van der Waals surface area contributed by atoms with E-state index in [0.717, 1.165) is 54.5 Å². The summed E-state index contributed by atoms with van der Waals surface area (Å²) >= 11 is 0. The number of rotatable bonds is 5. The van der Waals surface area contributed by atoms with Gasteiger partial charge in [-0.15, -0.1) is 0 Å². The Balaban J connectivity index is 1.59. The van der Waals surface area contributed by atoms with Crippen LogP contribution >= 0.6 is 0 Å². The summed E-state index contributed by atoms with van der Waals surface area (Å²) in [4.78, 5) is 22.3. The van der Waals surface area contributed by atoms with E-state index in [1.165, 1.54) is 12.5 Å². The maximum Gasteiger partial charge on any atom is 0.337 e. The highest BCUT2D eigenvalue weighted by Crippen LogP contribution is 2.45. The van der Waals surface area contributed by atoms with Crippen molar-refractivity contribution >= 4 is 17.0 Å². The lowest BCUT2D eigenvalue weighted by atomic mass is 9.83. The predicted octanol–water partition coefficient (Wildman–Crippen LogP) is 7.34. The molecule has 1 atom stereocenters. The molecule has 3 N–H and O–H groups in total. The summed E-state index contributed by atoms with van der Waals surface area (Å²) in [6.45, 7) is 9.64. The number of carbonyl (C=O) groups is 1. The molecule has 0 amide bonds. The normalized spacial score (nSPS) is 16.6. The lowest BCUT2D eigenvalue weighted by Gasteiger charge is -2.29. The van der Waals surface area contributed by atoms with E-state index in [1.807, 2.05) is 57.5 Å². The molecular formula is C38H43FN4O4. The average Bonchev–Trinajstić information content (AvgIpc) is 3.36. The molecule has 1 aliphatic heterocycles. The van der Waals surface area contributed by atoms with Gasteiger partial charge in [0.05, 0.1) is 23.4 Å². The Labute approximate surface area is 275 Å². The number of aliphatic carboxylic acids is 1. The summed E-state index contributed by atoms with van der Waals surface area (Å²) in [5, 5.41) is 11.2. The molecule has 47 heavy (non-hydrogen) atoms. The Bertz CT molecular complexity index is 1940. The fraction of sp³-hybridized carbons (Fsp3) is 0.447. The first-order valence-electron chi connectivity index (χ1n) is 16.4. The molecule has 1 aliphatic carbocycles. The third kappa shape index (κ3) is 6.37. The van der Waals surface area contributed by atoms with Crippen molar-refractivity contribution < 1.29 is 23.8 Å². The maximum absolute atomic E-state index is 15.8. The number of aryl methyl sites for hydroxylation is 2. The second-order valence-corrected chi connectivity index (χ2v) is 13.9. The van der Waals surface area contributed by atoms with Crippen molar-refractivity contribution in [3.63, 3.8) is 0 Å². The fourth-order valence-corrected chi connectivity index (χ4v) is 7.00. The summed E-state index contributed by atoms with van der Waals surface area (Å²) in [6, 6.07) is 7.30. The van der Waals surface area contributed by atoms with Crippen molar-refractivity contribution in [2.45, 2.75) is 96.8 Å². The minimum Gasteiger partial charge on any atom is -0.490 e. The minimum atomic E-state index is -1.34. The van der Waals surface area contributed by atoms with Crippen molar-refractivity contribution in [2.75, 3.05) is 6.61 Å². The first-order chi connectivity index (χ1) is 22.3.